The van der Waals surface area contributed by atoms with Gasteiger partial charge in [0.25, 0.3) is 5.91 Å². The fourth-order valence-electron chi connectivity index (χ4n) is 3.99. The Morgan fingerprint density at radius 1 is 1.06 bits per heavy atom. The molecular formula is C24H27ClN2O4. The van der Waals surface area contributed by atoms with E-state index in [-0.39, 0.29) is 24.1 Å². The summed E-state index contributed by atoms with van der Waals surface area (Å²) in [5, 5.41) is 3.79. The molecule has 0 radical (unpaired) electrons. The van der Waals surface area contributed by atoms with E-state index in [1.807, 2.05) is 30.3 Å². The van der Waals surface area contributed by atoms with Crippen LogP contribution < -0.4 is 5.32 Å². The average Bonchev–Trinajstić information content (AvgIpc) is 2.77. The lowest BCUT2D eigenvalue weighted by Gasteiger charge is -2.35. The number of rotatable bonds is 6. The minimum atomic E-state index is -0.248. The summed E-state index contributed by atoms with van der Waals surface area (Å²) in [6, 6.07) is 16.8. The number of likely N-dealkylation sites (tertiary alicyclic amines) is 1. The van der Waals surface area contributed by atoms with Gasteiger partial charge in [-0.3, -0.25) is 4.79 Å². The topological polar surface area (TPSA) is 67.9 Å². The number of ether oxygens (including phenoxy) is 2. The third-order valence-electron chi connectivity index (χ3n) is 5.93. The number of benzene rings is 2. The van der Waals surface area contributed by atoms with Crippen molar-refractivity contribution in [2.24, 2.45) is 5.92 Å². The molecule has 0 aromatic heterocycles. The fourth-order valence-corrected chi connectivity index (χ4v) is 4.12. The normalized spacial score (nSPS) is 18.2. The molecule has 0 aliphatic carbocycles. The fraction of sp³-hybridized carbons (Fsp3) is 0.417. The van der Waals surface area contributed by atoms with Crippen LogP contribution in [0.15, 0.2) is 54.6 Å². The number of nitrogens with zero attached hydrogens (tertiary/aromatic N) is 1. The maximum Gasteiger partial charge on any atom is 0.410 e. The zero-order valence-corrected chi connectivity index (χ0v) is 18.1. The van der Waals surface area contributed by atoms with Gasteiger partial charge in [-0.2, -0.15) is 0 Å². The van der Waals surface area contributed by atoms with Crippen molar-refractivity contribution in [3.05, 3.63) is 70.7 Å². The quantitative estimate of drug-likeness (QED) is 0.717. The van der Waals surface area contributed by atoms with E-state index in [1.165, 1.54) is 0 Å². The largest absolute Gasteiger partial charge is 0.441 e. The van der Waals surface area contributed by atoms with E-state index in [0.717, 1.165) is 24.8 Å². The SMILES string of the molecule is O=C(NC(CC1CCN(C(=O)OC2COC2)CC1)c1ccccc1)c1ccc(Cl)cc1. The van der Waals surface area contributed by atoms with Crippen LogP contribution in [0.4, 0.5) is 4.79 Å². The summed E-state index contributed by atoms with van der Waals surface area (Å²) in [6.07, 6.45) is 2.24. The van der Waals surface area contributed by atoms with Gasteiger partial charge in [-0.05, 0) is 55.0 Å². The Bertz CT molecular complexity index is 878. The molecule has 164 valence electrons. The Morgan fingerprint density at radius 2 is 1.74 bits per heavy atom. The summed E-state index contributed by atoms with van der Waals surface area (Å²) in [7, 11) is 0. The van der Waals surface area contributed by atoms with Crippen LogP contribution in [0, 0.1) is 5.92 Å². The first-order valence-corrected chi connectivity index (χ1v) is 11.1. The second-order valence-electron chi connectivity index (χ2n) is 8.15. The van der Waals surface area contributed by atoms with Crippen molar-refractivity contribution in [3.63, 3.8) is 0 Å². The maximum absolute atomic E-state index is 12.8. The predicted molar refractivity (Wildman–Crippen MR) is 118 cm³/mol. The van der Waals surface area contributed by atoms with E-state index in [9.17, 15) is 9.59 Å². The number of carbonyl (C=O) groups excluding carboxylic acids is 2. The first kappa shape index (κ1) is 21.7. The van der Waals surface area contributed by atoms with E-state index >= 15 is 0 Å². The van der Waals surface area contributed by atoms with Gasteiger partial charge in [-0.15, -0.1) is 0 Å². The van der Waals surface area contributed by atoms with E-state index in [0.29, 0.717) is 42.8 Å². The van der Waals surface area contributed by atoms with Crippen molar-refractivity contribution < 1.29 is 19.1 Å². The molecule has 1 N–H and O–H groups in total. The molecule has 1 atom stereocenters. The van der Waals surface area contributed by atoms with E-state index in [4.69, 9.17) is 21.1 Å². The molecule has 2 amide bonds. The lowest BCUT2D eigenvalue weighted by Crippen LogP contribution is -2.45. The zero-order valence-electron chi connectivity index (χ0n) is 17.3. The van der Waals surface area contributed by atoms with Crippen molar-refractivity contribution >= 4 is 23.6 Å². The van der Waals surface area contributed by atoms with Crippen LogP contribution in [-0.2, 0) is 9.47 Å². The van der Waals surface area contributed by atoms with Gasteiger partial charge in [0.1, 0.15) is 0 Å². The van der Waals surface area contributed by atoms with Crippen LogP contribution in [0.2, 0.25) is 5.02 Å². The van der Waals surface area contributed by atoms with Gasteiger partial charge >= 0.3 is 6.09 Å². The molecule has 2 fully saturated rings. The smallest absolute Gasteiger partial charge is 0.410 e. The van der Waals surface area contributed by atoms with Crippen LogP contribution in [0.3, 0.4) is 0 Å². The molecular weight excluding hydrogens is 416 g/mol. The van der Waals surface area contributed by atoms with Crippen molar-refractivity contribution in [1.29, 1.82) is 0 Å². The molecule has 0 spiro atoms. The Labute approximate surface area is 187 Å². The van der Waals surface area contributed by atoms with Gasteiger partial charge in [0.05, 0.1) is 19.3 Å². The first-order chi connectivity index (χ1) is 15.1. The van der Waals surface area contributed by atoms with Crippen molar-refractivity contribution in [3.8, 4) is 0 Å². The Morgan fingerprint density at radius 3 is 2.35 bits per heavy atom. The molecule has 0 bridgehead atoms. The summed E-state index contributed by atoms with van der Waals surface area (Å²) < 4.78 is 10.5. The van der Waals surface area contributed by atoms with Gasteiger partial charge in [0.2, 0.25) is 0 Å². The minimum Gasteiger partial charge on any atom is -0.441 e. The Balaban J connectivity index is 1.36. The van der Waals surface area contributed by atoms with Crippen molar-refractivity contribution in [2.45, 2.75) is 31.4 Å². The summed E-state index contributed by atoms with van der Waals surface area (Å²) in [5.41, 5.74) is 1.67. The molecule has 7 heteroatoms. The minimum absolute atomic E-state index is 0.0972. The molecule has 2 aliphatic heterocycles. The Kier molecular flexibility index (Phi) is 7.10. The van der Waals surface area contributed by atoms with Crippen LogP contribution in [-0.4, -0.2) is 49.3 Å². The predicted octanol–water partition coefficient (Wildman–Crippen LogP) is 4.45. The molecule has 0 saturated carbocycles. The van der Waals surface area contributed by atoms with Gasteiger partial charge < -0.3 is 19.7 Å². The number of halogens is 1. The summed E-state index contributed by atoms with van der Waals surface area (Å²) in [6.45, 7) is 2.33. The highest BCUT2D eigenvalue weighted by atomic mass is 35.5. The molecule has 2 heterocycles. The van der Waals surface area contributed by atoms with Gasteiger partial charge in [0, 0.05) is 23.7 Å². The molecule has 31 heavy (non-hydrogen) atoms. The second kappa shape index (κ2) is 10.2. The number of piperidine rings is 1. The van der Waals surface area contributed by atoms with E-state index < -0.39 is 0 Å². The lowest BCUT2D eigenvalue weighted by molar-refractivity contribution is -0.105. The average molecular weight is 443 g/mol. The van der Waals surface area contributed by atoms with Gasteiger partial charge in [-0.1, -0.05) is 41.9 Å². The van der Waals surface area contributed by atoms with Gasteiger partial charge in [0.15, 0.2) is 6.10 Å². The number of nitrogens with one attached hydrogen (secondary N) is 1. The highest BCUT2D eigenvalue weighted by Gasteiger charge is 2.30. The molecule has 2 aliphatic rings. The number of hydrogen-bond donors (Lipinski definition) is 1. The third-order valence-corrected chi connectivity index (χ3v) is 6.18. The molecule has 4 rings (SSSR count). The summed E-state index contributed by atoms with van der Waals surface area (Å²) >= 11 is 5.95. The van der Waals surface area contributed by atoms with E-state index in [1.54, 1.807) is 29.2 Å². The van der Waals surface area contributed by atoms with Crippen molar-refractivity contribution in [2.75, 3.05) is 26.3 Å². The first-order valence-electron chi connectivity index (χ1n) is 10.7. The van der Waals surface area contributed by atoms with E-state index in [2.05, 4.69) is 5.32 Å². The highest BCUT2D eigenvalue weighted by molar-refractivity contribution is 6.30. The maximum atomic E-state index is 12.8. The highest BCUT2D eigenvalue weighted by Crippen LogP contribution is 2.29. The second-order valence-corrected chi connectivity index (χ2v) is 8.59. The standard InChI is InChI=1S/C24H27ClN2O4/c25-20-8-6-19(7-9-20)23(28)26-22(18-4-2-1-3-5-18)14-17-10-12-27(13-11-17)24(29)31-21-15-30-16-21/h1-9,17,21-22H,10-16H2,(H,26,28). The van der Waals surface area contributed by atoms with Crippen LogP contribution in [0.25, 0.3) is 0 Å². The summed E-state index contributed by atoms with van der Waals surface area (Å²) in [4.78, 5) is 26.9. The zero-order chi connectivity index (χ0) is 21.6. The molecule has 1 unspecified atom stereocenters. The molecule has 2 aromatic rings. The van der Waals surface area contributed by atoms with Crippen LogP contribution in [0.1, 0.15) is 41.2 Å². The molecule has 2 aromatic carbocycles. The monoisotopic (exact) mass is 442 g/mol. The van der Waals surface area contributed by atoms with Crippen LogP contribution >= 0.6 is 11.6 Å². The number of carbonyl (C=O) groups is 2. The number of amides is 2. The molecule has 6 nitrogen and oxygen atoms in total. The van der Waals surface area contributed by atoms with Crippen molar-refractivity contribution in [1.82, 2.24) is 10.2 Å². The summed E-state index contributed by atoms with van der Waals surface area (Å²) in [5.74, 6) is 0.293. The van der Waals surface area contributed by atoms with Gasteiger partial charge in [-0.25, -0.2) is 4.79 Å². The Hall–Kier alpha value is -2.57. The van der Waals surface area contributed by atoms with Crippen LogP contribution in [0.5, 0.6) is 0 Å². The number of hydrogen-bond acceptors (Lipinski definition) is 4. The lowest BCUT2D eigenvalue weighted by atomic mass is 9.87. The molecule has 2 saturated heterocycles. The third kappa shape index (κ3) is 5.77.